The summed E-state index contributed by atoms with van der Waals surface area (Å²) < 4.78 is 82.7. The van der Waals surface area contributed by atoms with E-state index in [-0.39, 0.29) is 29.3 Å². The maximum Gasteiger partial charge on any atom is 0.324 e. The second kappa shape index (κ2) is 16.6. The van der Waals surface area contributed by atoms with Crippen LogP contribution in [0.15, 0.2) is 51.9 Å². The molecule has 276 valence electrons. The standard InChI is InChI=1S/C28H40F3N5O3.C7H8O3S/c1-17(2)25-33-27(39-34-25)35-11-7-20(8-12-35)18(3)9-14-38-21-5-6-22(23(29)15-21)19(4)24(32)26(37)36-13-10-28(30,31)16-36;1-6-2-4-7(5-3-6)11(8,9)10/h5-6,15,17-20,24H,7-14,16,32H2,1-4H3;2-5H,1H3,(H,8,9,10)/t18-,19+,24+;/m1./s1. The molecule has 0 saturated carbocycles. The van der Waals surface area contributed by atoms with Crippen LogP contribution in [-0.4, -0.2) is 78.7 Å². The lowest BCUT2D eigenvalue weighted by Crippen LogP contribution is -2.46. The minimum Gasteiger partial charge on any atom is -0.493 e. The monoisotopic (exact) mass is 723 g/mol. The van der Waals surface area contributed by atoms with Crippen molar-refractivity contribution in [1.29, 1.82) is 0 Å². The Morgan fingerprint density at radius 2 is 1.76 bits per heavy atom. The first-order chi connectivity index (χ1) is 23.4. The largest absolute Gasteiger partial charge is 0.493 e. The number of aryl methyl sites for hydroxylation is 1. The summed E-state index contributed by atoms with van der Waals surface area (Å²) in [5.41, 5.74) is 7.27. The molecule has 1 amide bonds. The van der Waals surface area contributed by atoms with Gasteiger partial charge in [-0.1, -0.05) is 56.6 Å². The number of nitrogens with two attached hydrogens (primary N) is 1. The maximum absolute atomic E-state index is 14.9. The molecule has 2 fully saturated rings. The molecule has 2 aromatic carbocycles. The second-order valence-corrected chi connectivity index (χ2v) is 15.1. The zero-order chi connectivity index (χ0) is 36.8. The number of benzene rings is 2. The molecule has 3 aromatic rings. The minimum atomic E-state index is -4.02. The molecular formula is C35H48F3N5O6S. The molecule has 2 aliphatic heterocycles. The first kappa shape index (κ1) is 39.1. The van der Waals surface area contributed by atoms with Gasteiger partial charge in [-0.05, 0) is 61.8 Å². The van der Waals surface area contributed by atoms with Crippen LogP contribution < -0.4 is 15.4 Å². The number of hydrogen-bond donors (Lipinski definition) is 2. The number of nitrogens with zero attached hydrogens (tertiary/aromatic N) is 4. The van der Waals surface area contributed by atoms with Crippen molar-refractivity contribution in [2.24, 2.45) is 17.6 Å². The Labute approximate surface area is 292 Å². The van der Waals surface area contributed by atoms with Crippen molar-refractivity contribution in [1.82, 2.24) is 15.0 Å². The van der Waals surface area contributed by atoms with Crippen molar-refractivity contribution in [3.8, 4) is 5.75 Å². The molecule has 0 unspecified atom stereocenters. The van der Waals surface area contributed by atoms with E-state index in [2.05, 4.69) is 22.0 Å². The molecule has 0 aliphatic carbocycles. The van der Waals surface area contributed by atoms with Crippen LogP contribution in [-0.2, 0) is 14.9 Å². The maximum atomic E-state index is 14.9. The number of ether oxygens (including phenoxy) is 1. The van der Waals surface area contributed by atoms with Crippen molar-refractivity contribution >= 4 is 22.0 Å². The van der Waals surface area contributed by atoms with Gasteiger partial charge in [0, 0.05) is 44.0 Å². The molecule has 2 saturated heterocycles. The summed E-state index contributed by atoms with van der Waals surface area (Å²) in [6.07, 6.45) is 2.51. The number of piperidine rings is 1. The summed E-state index contributed by atoms with van der Waals surface area (Å²) in [5.74, 6) is -2.34. The van der Waals surface area contributed by atoms with Gasteiger partial charge in [0.1, 0.15) is 11.6 Å². The van der Waals surface area contributed by atoms with Crippen molar-refractivity contribution in [3.05, 3.63) is 65.2 Å². The molecule has 1 aromatic heterocycles. The average Bonchev–Trinajstić information content (AvgIpc) is 3.71. The highest BCUT2D eigenvalue weighted by molar-refractivity contribution is 7.85. The molecular weight excluding hydrogens is 675 g/mol. The van der Waals surface area contributed by atoms with Gasteiger partial charge in [-0.2, -0.15) is 13.4 Å². The minimum absolute atomic E-state index is 0.0448. The molecule has 3 heterocycles. The summed E-state index contributed by atoms with van der Waals surface area (Å²) in [4.78, 5) is 20.2. The van der Waals surface area contributed by atoms with Gasteiger partial charge in [0.2, 0.25) is 5.91 Å². The lowest BCUT2D eigenvalue weighted by atomic mass is 9.84. The summed E-state index contributed by atoms with van der Waals surface area (Å²) in [6.45, 7) is 11.3. The number of hydrogen-bond acceptors (Lipinski definition) is 9. The molecule has 15 heteroatoms. The van der Waals surface area contributed by atoms with Gasteiger partial charge < -0.3 is 24.8 Å². The third-order valence-electron chi connectivity index (χ3n) is 9.49. The Morgan fingerprint density at radius 1 is 1.10 bits per heavy atom. The number of amides is 1. The number of halogens is 3. The van der Waals surface area contributed by atoms with Crippen LogP contribution in [0.3, 0.4) is 0 Å². The number of likely N-dealkylation sites (tertiary alicyclic amines) is 1. The third kappa shape index (κ3) is 10.4. The number of anilines is 1. The van der Waals surface area contributed by atoms with E-state index in [1.54, 1.807) is 31.2 Å². The van der Waals surface area contributed by atoms with Crippen LogP contribution in [0.4, 0.5) is 19.2 Å². The van der Waals surface area contributed by atoms with Crippen molar-refractivity contribution in [3.63, 3.8) is 0 Å². The van der Waals surface area contributed by atoms with E-state index in [0.29, 0.717) is 30.2 Å². The molecule has 50 heavy (non-hydrogen) atoms. The number of alkyl halides is 2. The van der Waals surface area contributed by atoms with Gasteiger partial charge in [0.05, 0.1) is 24.1 Å². The fourth-order valence-corrected chi connectivity index (χ4v) is 6.55. The SMILES string of the molecule is CC(C)c1noc(N2CCC([C@H](C)CCOc3ccc([C@H](C)[C@H](N)C(=O)N4CCC(F)(F)C4)c(F)c3)CC2)n1.Cc1ccc(S(=O)(=O)O)cc1. The van der Waals surface area contributed by atoms with E-state index in [0.717, 1.165) is 48.6 Å². The molecule has 0 spiro atoms. The van der Waals surface area contributed by atoms with Crippen molar-refractivity contribution in [2.75, 3.05) is 37.7 Å². The van der Waals surface area contributed by atoms with Crippen LogP contribution in [0.2, 0.25) is 0 Å². The van der Waals surface area contributed by atoms with Crippen molar-refractivity contribution in [2.45, 2.75) is 89.0 Å². The first-order valence-electron chi connectivity index (χ1n) is 16.9. The van der Waals surface area contributed by atoms with Gasteiger partial charge in [0.15, 0.2) is 5.82 Å². The Balaban J connectivity index is 0.000000435. The summed E-state index contributed by atoms with van der Waals surface area (Å²) >= 11 is 0. The smallest absolute Gasteiger partial charge is 0.324 e. The predicted octanol–water partition coefficient (Wildman–Crippen LogP) is 6.19. The highest BCUT2D eigenvalue weighted by Gasteiger charge is 2.42. The molecule has 0 bridgehead atoms. The predicted molar refractivity (Wildman–Crippen MR) is 183 cm³/mol. The average molecular weight is 724 g/mol. The topological polar surface area (TPSA) is 152 Å². The number of carbonyl (C=O) groups excluding carboxylic acids is 1. The highest BCUT2D eigenvalue weighted by Crippen LogP contribution is 2.32. The Morgan fingerprint density at radius 3 is 2.30 bits per heavy atom. The van der Waals surface area contributed by atoms with Gasteiger partial charge in [-0.3, -0.25) is 9.35 Å². The van der Waals surface area contributed by atoms with Crippen molar-refractivity contribution < 1.29 is 40.2 Å². The second-order valence-electron chi connectivity index (χ2n) is 13.7. The van der Waals surface area contributed by atoms with E-state index in [9.17, 15) is 26.4 Å². The van der Waals surface area contributed by atoms with Gasteiger partial charge in [-0.25, -0.2) is 13.2 Å². The number of rotatable bonds is 11. The van der Waals surface area contributed by atoms with Crippen LogP contribution in [0.25, 0.3) is 0 Å². The lowest BCUT2D eigenvalue weighted by molar-refractivity contribution is -0.133. The molecule has 2 aliphatic rings. The van der Waals surface area contributed by atoms with Gasteiger partial charge >= 0.3 is 6.01 Å². The molecule has 3 N–H and O–H groups in total. The highest BCUT2D eigenvalue weighted by atomic mass is 32.2. The number of carbonyl (C=O) groups is 1. The summed E-state index contributed by atoms with van der Waals surface area (Å²) in [6, 6.07) is 9.99. The molecule has 5 rings (SSSR count). The fraction of sp³-hybridized carbons (Fsp3) is 0.571. The Bertz CT molecular complexity index is 1680. The Kier molecular flexibility index (Phi) is 12.9. The van der Waals surface area contributed by atoms with Crippen LogP contribution in [0.1, 0.15) is 82.2 Å². The van der Waals surface area contributed by atoms with E-state index in [1.165, 1.54) is 18.2 Å². The van der Waals surface area contributed by atoms with E-state index >= 15 is 0 Å². The number of aromatic nitrogens is 2. The van der Waals surface area contributed by atoms with Gasteiger partial charge in [-0.15, -0.1) is 0 Å². The third-order valence-corrected chi connectivity index (χ3v) is 10.4. The van der Waals surface area contributed by atoms with E-state index < -0.39 is 46.3 Å². The molecule has 0 radical (unpaired) electrons. The van der Waals surface area contributed by atoms with Crippen LogP contribution in [0, 0.1) is 24.6 Å². The fourth-order valence-electron chi connectivity index (χ4n) is 6.07. The first-order valence-corrected chi connectivity index (χ1v) is 18.4. The van der Waals surface area contributed by atoms with E-state index in [1.807, 2.05) is 20.8 Å². The van der Waals surface area contributed by atoms with E-state index in [4.69, 9.17) is 19.5 Å². The van der Waals surface area contributed by atoms with Crippen LogP contribution in [0.5, 0.6) is 5.75 Å². The Hall–Kier alpha value is -3.69. The van der Waals surface area contributed by atoms with Crippen LogP contribution >= 0.6 is 0 Å². The molecule has 11 nitrogen and oxygen atoms in total. The molecule has 3 atom stereocenters. The zero-order valence-electron chi connectivity index (χ0n) is 29.2. The normalized spacial score (nSPS) is 18.4. The summed E-state index contributed by atoms with van der Waals surface area (Å²) in [5, 5.41) is 4.05. The zero-order valence-corrected chi connectivity index (χ0v) is 30.0. The van der Waals surface area contributed by atoms with Gasteiger partial charge in [0.25, 0.3) is 16.0 Å². The quantitative estimate of drug-likeness (QED) is 0.219. The lowest BCUT2D eigenvalue weighted by Gasteiger charge is -2.33. The summed E-state index contributed by atoms with van der Waals surface area (Å²) in [7, 11) is -4.02.